The van der Waals surface area contributed by atoms with Crippen molar-refractivity contribution in [2.24, 2.45) is 0 Å². The lowest BCUT2D eigenvalue weighted by molar-refractivity contribution is -0.108. The fourth-order valence-electron chi connectivity index (χ4n) is 2.61. The molecular formula is C14H17NO4. The van der Waals surface area contributed by atoms with E-state index in [4.69, 9.17) is 4.74 Å². The SMILES string of the molecule is CC1(C)OC(c2ccccc2)C(CC=O)N1C(=O)O. The lowest BCUT2D eigenvalue weighted by Gasteiger charge is -2.30. The second-order valence-electron chi connectivity index (χ2n) is 5.02. The Kier molecular flexibility index (Phi) is 3.57. The van der Waals surface area contributed by atoms with Crippen molar-refractivity contribution in [3.8, 4) is 0 Å². The number of hydrogen-bond acceptors (Lipinski definition) is 3. The minimum absolute atomic E-state index is 0.120. The van der Waals surface area contributed by atoms with Gasteiger partial charge in [-0.15, -0.1) is 0 Å². The molecule has 1 N–H and O–H groups in total. The van der Waals surface area contributed by atoms with Gasteiger partial charge in [0.1, 0.15) is 18.1 Å². The van der Waals surface area contributed by atoms with Gasteiger partial charge in [-0.25, -0.2) is 4.79 Å². The van der Waals surface area contributed by atoms with Crippen LogP contribution in [0.25, 0.3) is 0 Å². The van der Waals surface area contributed by atoms with Crippen molar-refractivity contribution in [2.75, 3.05) is 0 Å². The number of benzene rings is 1. The molecule has 2 unspecified atom stereocenters. The highest BCUT2D eigenvalue weighted by Crippen LogP contribution is 2.41. The molecule has 1 aromatic carbocycles. The van der Waals surface area contributed by atoms with Crippen LogP contribution >= 0.6 is 0 Å². The summed E-state index contributed by atoms with van der Waals surface area (Å²) in [4.78, 5) is 23.5. The number of amides is 1. The van der Waals surface area contributed by atoms with Crippen LogP contribution < -0.4 is 0 Å². The first kappa shape index (κ1) is 13.5. The van der Waals surface area contributed by atoms with Gasteiger partial charge in [-0.3, -0.25) is 4.90 Å². The van der Waals surface area contributed by atoms with Gasteiger partial charge in [0.25, 0.3) is 0 Å². The van der Waals surface area contributed by atoms with Crippen molar-refractivity contribution in [1.29, 1.82) is 0 Å². The first-order valence-electron chi connectivity index (χ1n) is 6.16. The van der Waals surface area contributed by atoms with E-state index in [0.717, 1.165) is 11.8 Å². The second kappa shape index (κ2) is 5.01. The number of ether oxygens (including phenoxy) is 1. The maximum atomic E-state index is 11.4. The fourth-order valence-corrected chi connectivity index (χ4v) is 2.61. The van der Waals surface area contributed by atoms with E-state index in [-0.39, 0.29) is 6.42 Å². The van der Waals surface area contributed by atoms with Crippen LogP contribution in [0, 0.1) is 0 Å². The summed E-state index contributed by atoms with van der Waals surface area (Å²) in [5.41, 5.74) is -0.0637. The Bertz CT molecular complexity index is 472. The number of aldehydes is 1. The van der Waals surface area contributed by atoms with Crippen LogP contribution in [-0.2, 0) is 9.53 Å². The molecule has 102 valence electrons. The van der Waals surface area contributed by atoms with Gasteiger partial charge in [0, 0.05) is 6.42 Å². The molecule has 1 heterocycles. The number of carbonyl (C=O) groups is 2. The number of carboxylic acid groups (broad SMARTS) is 1. The summed E-state index contributed by atoms with van der Waals surface area (Å²) < 4.78 is 5.86. The van der Waals surface area contributed by atoms with Crippen LogP contribution in [-0.4, -0.2) is 34.2 Å². The van der Waals surface area contributed by atoms with Crippen LogP contribution in [0.4, 0.5) is 4.79 Å². The molecule has 5 heteroatoms. The Morgan fingerprint density at radius 1 is 1.42 bits per heavy atom. The molecule has 0 radical (unpaired) electrons. The lowest BCUT2D eigenvalue weighted by atomic mass is 10.00. The Hall–Kier alpha value is -1.88. The number of rotatable bonds is 3. The van der Waals surface area contributed by atoms with E-state index in [1.54, 1.807) is 13.8 Å². The lowest BCUT2D eigenvalue weighted by Crippen LogP contribution is -2.47. The Morgan fingerprint density at radius 3 is 2.58 bits per heavy atom. The summed E-state index contributed by atoms with van der Waals surface area (Å²) in [7, 11) is 0. The van der Waals surface area contributed by atoms with Crippen molar-refractivity contribution in [1.82, 2.24) is 4.90 Å². The molecule has 5 nitrogen and oxygen atoms in total. The molecule has 0 spiro atoms. The van der Waals surface area contributed by atoms with E-state index in [1.165, 1.54) is 4.90 Å². The van der Waals surface area contributed by atoms with Gasteiger partial charge in [-0.2, -0.15) is 0 Å². The molecular weight excluding hydrogens is 246 g/mol. The van der Waals surface area contributed by atoms with Crippen molar-refractivity contribution in [3.05, 3.63) is 35.9 Å². The average Bonchev–Trinajstić information content (AvgIpc) is 2.62. The number of hydrogen-bond donors (Lipinski definition) is 1. The molecule has 0 saturated carbocycles. The Morgan fingerprint density at radius 2 is 2.05 bits per heavy atom. The summed E-state index contributed by atoms with van der Waals surface area (Å²) in [5, 5.41) is 9.34. The quantitative estimate of drug-likeness (QED) is 0.850. The van der Waals surface area contributed by atoms with E-state index in [2.05, 4.69) is 0 Å². The molecule has 2 atom stereocenters. The van der Waals surface area contributed by atoms with Gasteiger partial charge < -0.3 is 14.6 Å². The summed E-state index contributed by atoms with van der Waals surface area (Å²) >= 11 is 0. The van der Waals surface area contributed by atoms with Crippen LogP contribution in [0.2, 0.25) is 0 Å². The molecule has 0 bridgehead atoms. The normalized spacial score (nSPS) is 25.3. The number of carbonyl (C=O) groups excluding carboxylic acids is 1. The van der Waals surface area contributed by atoms with E-state index >= 15 is 0 Å². The molecule has 1 aromatic rings. The largest absolute Gasteiger partial charge is 0.465 e. The van der Waals surface area contributed by atoms with E-state index in [1.807, 2.05) is 30.3 Å². The molecule has 1 fully saturated rings. The minimum Gasteiger partial charge on any atom is -0.465 e. The average molecular weight is 263 g/mol. The first-order valence-corrected chi connectivity index (χ1v) is 6.16. The fraction of sp³-hybridized carbons (Fsp3) is 0.429. The van der Waals surface area contributed by atoms with E-state index in [9.17, 15) is 14.7 Å². The van der Waals surface area contributed by atoms with E-state index < -0.39 is 24.0 Å². The third-order valence-corrected chi connectivity index (χ3v) is 3.35. The Balaban J connectivity index is 2.39. The molecule has 19 heavy (non-hydrogen) atoms. The smallest absolute Gasteiger partial charge is 0.409 e. The maximum Gasteiger partial charge on any atom is 0.409 e. The molecule has 1 aliphatic heterocycles. The van der Waals surface area contributed by atoms with Gasteiger partial charge in [-0.05, 0) is 19.4 Å². The molecule has 2 rings (SSSR count). The molecule has 1 amide bonds. The van der Waals surface area contributed by atoms with Gasteiger partial charge in [0.2, 0.25) is 0 Å². The van der Waals surface area contributed by atoms with E-state index in [0.29, 0.717) is 0 Å². The third-order valence-electron chi connectivity index (χ3n) is 3.35. The highest BCUT2D eigenvalue weighted by molar-refractivity contribution is 5.68. The summed E-state index contributed by atoms with van der Waals surface area (Å²) in [6.45, 7) is 3.39. The van der Waals surface area contributed by atoms with Crippen molar-refractivity contribution >= 4 is 12.4 Å². The van der Waals surface area contributed by atoms with Crippen molar-refractivity contribution < 1.29 is 19.4 Å². The van der Waals surface area contributed by atoms with Crippen LogP contribution in [0.3, 0.4) is 0 Å². The second-order valence-corrected chi connectivity index (χ2v) is 5.02. The maximum absolute atomic E-state index is 11.4. The summed E-state index contributed by atoms with van der Waals surface area (Å²) in [5.74, 6) is 0. The zero-order valence-electron chi connectivity index (χ0n) is 10.9. The number of nitrogens with zero attached hydrogens (tertiary/aromatic N) is 1. The predicted octanol–water partition coefficient (Wildman–Crippen LogP) is 2.43. The topological polar surface area (TPSA) is 66.8 Å². The summed E-state index contributed by atoms with van der Waals surface area (Å²) in [6.07, 6.45) is -0.635. The van der Waals surface area contributed by atoms with Crippen LogP contribution in [0.15, 0.2) is 30.3 Å². The van der Waals surface area contributed by atoms with Crippen molar-refractivity contribution in [3.63, 3.8) is 0 Å². The minimum atomic E-state index is -1.07. The van der Waals surface area contributed by atoms with Crippen molar-refractivity contribution in [2.45, 2.75) is 38.1 Å². The first-order chi connectivity index (χ1) is 8.97. The predicted molar refractivity (Wildman–Crippen MR) is 68.7 cm³/mol. The highest BCUT2D eigenvalue weighted by Gasteiger charge is 2.50. The molecule has 1 saturated heterocycles. The van der Waals surface area contributed by atoms with Gasteiger partial charge in [-0.1, -0.05) is 30.3 Å². The third kappa shape index (κ3) is 2.46. The highest BCUT2D eigenvalue weighted by atomic mass is 16.6. The van der Waals surface area contributed by atoms with Crippen LogP contribution in [0.1, 0.15) is 31.9 Å². The van der Waals surface area contributed by atoms with Crippen LogP contribution in [0.5, 0.6) is 0 Å². The van der Waals surface area contributed by atoms with Gasteiger partial charge >= 0.3 is 6.09 Å². The zero-order chi connectivity index (χ0) is 14.0. The monoisotopic (exact) mass is 263 g/mol. The standard InChI is InChI=1S/C14H17NO4/c1-14(2)15(13(17)18)11(8-9-16)12(19-14)10-6-4-3-5-7-10/h3-7,9,11-12H,8H2,1-2H3,(H,17,18). The van der Waals surface area contributed by atoms with Gasteiger partial charge in [0.05, 0.1) is 6.04 Å². The zero-order valence-corrected chi connectivity index (χ0v) is 10.9. The molecule has 1 aliphatic rings. The molecule has 0 aromatic heterocycles. The molecule has 0 aliphatic carbocycles. The van der Waals surface area contributed by atoms with Gasteiger partial charge in [0.15, 0.2) is 0 Å². The Labute approximate surface area is 111 Å². The summed E-state index contributed by atoms with van der Waals surface area (Å²) in [6, 6.07) is 8.88.